The van der Waals surface area contributed by atoms with Gasteiger partial charge in [-0.05, 0) is 31.6 Å². The van der Waals surface area contributed by atoms with E-state index in [1.807, 2.05) is 0 Å². The van der Waals surface area contributed by atoms with E-state index in [1.165, 1.54) is 83.5 Å². The molecular formula is C17H30Br2. The summed E-state index contributed by atoms with van der Waals surface area (Å²) in [5.41, 5.74) is 0. The molecule has 0 spiro atoms. The highest BCUT2D eigenvalue weighted by molar-refractivity contribution is 9.13. The molecule has 19 heavy (non-hydrogen) atoms. The molecule has 2 aliphatic rings. The summed E-state index contributed by atoms with van der Waals surface area (Å²) in [7, 11) is 0. The van der Waals surface area contributed by atoms with Crippen LogP contribution in [0.5, 0.6) is 0 Å². The normalized spacial score (nSPS) is 37.7. The first-order valence-electron chi connectivity index (χ1n) is 8.46. The van der Waals surface area contributed by atoms with Gasteiger partial charge in [0.15, 0.2) is 0 Å². The fourth-order valence-electron chi connectivity index (χ4n) is 4.21. The van der Waals surface area contributed by atoms with Crippen LogP contribution in [-0.4, -0.2) is 8.65 Å². The molecule has 0 aromatic heterocycles. The Kier molecular flexibility index (Phi) is 6.27. The zero-order valence-corrected chi connectivity index (χ0v) is 15.7. The Morgan fingerprint density at radius 1 is 0.684 bits per heavy atom. The molecular weight excluding hydrogens is 364 g/mol. The molecule has 0 radical (unpaired) electrons. The highest BCUT2D eigenvalue weighted by Crippen LogP contribution is 2.55. The van der Waals surface area contributed by atoms with Crippen molar-refractivity contribution >= 4 is 31.9 Å². The molecule has 2 fully saturated rings. The van der Waals surface area contributed by atoms with Crippen molar-refractivity contribution in [1.29, 1.82) is 0 Å². The van der Waals surface area contributed by atoms with Crippen LogP contribution < -0.4 is 0 Å². The second-order valence-corrected chi connectivity index (χ2v) is 9.88. The van der Waals surface area contributed by atoms with Crippen LogP contribution in [0.25, 0.3) is 0 Å². The summed E-state index contributed by atoms with van der Waals surface area (Å²) in [6.07, 6.45) is 18.3. The van der Waals surface area contributed by atoms with Crippen LogP contribution >= 0.6 is 31.9 Å². The lowest BCUT2D eigenvalue weighted by molar-refractivity contribution is 0.236. The fraction of sp³-hybridized carbons (Fsp3) is 1.00. The molecule has 2 heteroatoms. The van der Waals surface area contributed by atoms with Gasteiger partial charge in [-0.3, -0.25) is 0 Å². The molecule has 112 valence electrons. The fourth-order valence-corrected chi connectivity index (χ4v) is 6.26. The van der Waals surface area contributed by atoms with Gasteiger partial charge in [-0.1, -0.05) is 96.6 Å². The van der Waals surface area contributed by atoms with E-state index in [2.05, 4.69) is 38.8 Å². The Morgan fingerprint density at radius 2 is 1.16 bits per heavy atom. The van der Waals surface area contributed by atoms with Gasteiger partial charge in [-0.2, -0.15) is 0 Å². The first-order chi connectivity index (χ1) is 9.08. The third kappa shape index (κ3) is 3.78. The number of rotatable bonds is 1. The molecule has 0 bridgehead atoms. The molecule has 0 saturated heterocycles. The monoisotopic (exact) mass is 392 g/mol. The van der Waals surface area contributed by atoms with Gasteiger partial charge < -0.3 is 0 Å². The Bertz CT molecular complexity index is 268. The number of halogens is 2. The SMILES string of the molecule is CC1CCCCCCC1(Br)C1(Br)CCCCCCC1. The number of alkyl halides is 2. The summed E-state index contributed by atoms with van der Waals surface area (Å²) >= 11 is 8.53. The quantitative estimate of drug-likeness (QED) is 0.421. The first kappa shape index (κ1) is 16.3. The van der Waals surface area contributed by atoms with Crippen molar-refractivity contribution < 1.29 is 0 Å². The van der Waals surface area contributed by atoms with Gasteiger partial charge in [-0.25, -0.2) is 0 Å². The minimum Gasteiger partial charge on any atom is -0.0838 e. The standard InChI is InChI=1S/C17H30Br2/c1-15-11-7-3-6-10-14-17(15,19)16(18)12-8-4-2-5-9-13-16/h15H,2-14H2,1H3. The lowest BCUT2D eigenvalue weighted by Crippen LogP contribution is -2.50. The van der Waals surface area contributed by atoms with Gasteiger partial charge in [-0.15, -0.1) is 0 Å². The van der Waals surface area contributed by atoms with E-state index in [0.29, 0.717) is 8.65 Å². The first-order valence-corrected chi connectivity index (χ1v) is 10.0. The van der Waals surface area contributed by atoms with Crippen LogP contribution in [0.1, 0.15) is 90.4 Å². The van der Waals surface area contributed by atoms with E-state index in [4.69, 9.17) is 0 Å². The predicted molar refractivity (Wildman–Crippen MR) is 92.5 cm³/mol. The molecule has 2 atom stereocenters. The van der Waals surface area contributed by atoms with Gasteiger partial charge in [0.05, 0.1) is 0 Å². The maximum Gasteiger partial charge on any atom is 0.0436 e. The topological polar surface area (TPSA) is 0 Å². The van der Waals surface area contributed by atoms with Crippen LogP contribution in [0.4, 0.5) is 0 Å². The molecule has 2 aliphatic carbocycles. The summed E-state index contributed by atoms with van der Waals surface area (Å²) in [4.78, 5) is 0. The van der Waals surface area contributed by atoms with E-state index < -0.39 is 0 Å². The van der Waals surface area contributed by atoms with Gasteiger partial charge in [0.25, 0.3) is 0 Å². The van der Waals surface area contributed by atoms with Crippen molar-refractivity contribution in [3.05, 3.63) is 0 Å². The lowest BCUT2D eigenvalue weighted by Gasteiger charge is -2.49. The van der Waals surface area contributed by atoms with Crippen LogP contribution in [0.3, 0.4) is 0 Å². The van der Waals surface area contributed by atoms with E-state index >= 15 is 0 Å². The Morgan fingerprint density at radius 3 is 1.79 bits per heavy atom. The van der Waals surface area contributed by atoms with Crippen LogP contribution in [0.15, 0.2) is 0 Å². The summed E-state index contributed by atoms with van der Waals surface area (Å²) < 4.78 is 0.676. The Labute approximate surface area is 136 Å². The number of hydrogen-bond acceptors (Lipinski definition) is 0. The van der Waals surface area contributed by atoms with Crippen molar-refractivity contribution in [2.75, 3.05) is 0 Å². The molecule has 0 amide bonds. The average molecular weight is 394 g/mol. The van der Waals surface area contributed by atoms with Crippen molar-refractivity contribution in [3.63, 3.8) is 0 Å². The van der Waals surface area contributed by atoms with Crippen molar-refractivity contribution in [3.8, 4) is 0 Å². The molecule has 2 unspecified atom stereocenters. The summed E-state index contributed by atoms with van der Waals surface area (Å²) in [5.74, 6) is 0.798. The van der Waals surface area contributed by atoms with Gasteiger partial charge in [0, 0.05) is 8.65 Å². The minimum absolute atomic E-state index is 0.331. The van der Waals surface area contributed by atoms with E-state index in [0.717, 1.165) is 5.92 Å². The molecule has 0 aromatic carbocycles. The molecule has 2 saturated carbocycles. The zero-order chi connectivity index (χ0) is 13.8. The summed E-state index contributed by atoms with van der Waals surface area (Å²) in [6, 6.07) is 0. The van der Waals surface area contributed by atoms with E-state index in [-0.39, 0.29) is 0 Å². The molecule has 0 N–H and O–H groups in total. The largest absolute Gasteiger partial charge is 0.0838 e. The second kappa shape index (κ2) is 7.29. The zero-order valence-electron chi connectivity index (χ0n) is 12.5. The molecule has 0 nitrogen and oxygen atoms in total. The molecule has 0 aliphatic heterocycles. The van der Waals surface area contributed by atoms with Crippen molar-refractivity contribution in [2.24, 2.45) is 5.92 Å². The summed E-state index contributed by atoms with van der Waals surface area (Å²) in [6.45, 7) is 2.49. The average Bonchev–Trinajstić information content (AvgIpc) is 2.35. The van der Waals surface area contributed by atoms with Gasteiger partial charge in [0.2, 0.25) is 0 Å². The Balaban J connectivity index is 2.16. The molecule has 2 rings (SSSR count). The third-order valence-electron chi connectivity index (χ3n) is 5.60. The van der Waals surface area contributed by atoms with Crippen LogP contribution in [-0.2, 0) is 0 Å². The molecule has 0 heterocycles. The summed E-state index contributed by atoms with van der Waals surface area (Å²) in [5, 5.41) is 0. The predicted octanol–water partition coefficient (Wildman–Crippen LogP) is 6.99. The Hall–Kier alpha value is 0.960. The maximum absolute atomic E-state index is 4.28. The highest BCUT2D eigenvalue weighted by Gasteiger charge is 2.50. The van der Waals surface area contributed by atoms with E-state index in [1.54, 1.807) is 0 Å². The minimum atomic E-state index is 0.331. The van der Waals surface area contributed by atoms with Crippen LogP contribution in [0, 0.1) is 5.92 Å². The van der Waals surface area contributed by atoms with E-state index in [9.17, 15) is 0 Å². The lowest BCUT2D eigenvalue weighted by atomic mass is 9.71. The van der Waals surface area contributed by atoms with Crippen LogP contribution in [0.2, 0.25) is 0 Å². The van der Waals surface area contributed by atoms with Crippen molar-refractivity contribution in [2.45, 2.75) is 99.0 Å². The number of hydrogen-bond donors (Lipinski definition) is 0. The second-order valence-electron chi connectivity index (χ2n) is 6.95. The third-order valence-corrected chi connectivity index (χ3v) is 9.57. The highest BCUT2D eigenvalue weighted by atomic mass is 79.9. The maximum atomic E-state index is 4.28. The van der Waals surface area contributed by atoms with Gasteiger partial charge in [0.1, 0.15) is 0 Å². The molecule has 0 aromatic rings. The van der Waals surface area contributed by atoms with Crippen molar-refractivity contribution in [1.82, 2.24) is 0 Å². The van der Waals surface area contributed by atoms with Gasteiger partial charge >= 0.3 is 0 Å². The smallest absolute Gasteiger partial charge is 0.0436 e.